The largest absolute Gasteiger partial charge is 0.392 e. The summed E-state index contributed by atoms with van der Waals surface area (Å²) in [5, 5.41) is 13.4. The summed E-state index contributed by atoms with van der Waals surface area (Å²) in [6.07, 6.45) is 4.27. The predicted octanol–water partition coefficient (Wildman–Crippen LogP) is 2.64. The van der Waals surface area contributed by atoms with Gasteiger partial charge in [0.1, 0.15) is 0 Å². The SMILES string of the molecule is C[C@@H](NC1CCCCC1O)c1ccccc1. The van der Waals surface area contributed by atoms with Gasteiger partial charge in [-0.05, 0) is 25.3 Å². The average Bonchev–Trinajstić information content (AvgIpc) is 2.33. The molecule has 1 fully saturated rings. The Morgan fingerprint density at radius 2 is 1.88 bits per heavy atom. The molecule has 0 amide bonds. The minimum absolute atomic E-state index is 0.167. The van der Waals surface area contributed by atoms with Gasteiger partial charge in [-0.15, -0.1) is 0 Å². The van der Waals surface area contributed by atoms with E-state index in [-0.39, 0.29) is 12.1 Å². The zero-order valence-corrected chi connectivity index (χ0v) is 9.89. The van der Waals surface area contributed by atoms with Crippen molar-refractivity contribution in [3.05, 3.63) is 35.9 Å². The van der Waals surface area contributed by atoms with Gasteiger partial charge in [-0.2, -0.15) is 0 Å². The van der Waals surface area contributed by atoms with Crippen LogP contribution in [0.25, 0.3) is 0 Å². The first-order chi connectivity index (χ1) is 7.77. The number of hydrogen-bond donors (Lipinski definition) is 2. The molecule has 0 saturated heterocycles. The fourth-order valence-electron chi connectivity index (χ4n) is 2.46. The van der Waals surface area contributed by atoms with Crippen molar-refractivity contribution < 1.29 is 5.11 Å². The molecule has 2 rings (SSSR count). The molecular weight excluding hydrogens is 198 g/mol. The lowest BCUT2D eigenvalue weighted by molar-refractivity contribution is 0.0860. The maximum absolute atomic E-state index is 9.90. The lowest BCUT2D eigenvalue weighted by Gasteiger charge is -2.31. The molecule has 0 bridgehead atoms. The molecular formula is C14H21NO. The molecule has 1 aliphatic carbocycles. The quantitative estimate of drug-likeness (QED) is 0.819. The van der Waals surface area contributed by atoms with Crippen LogP contribution in [0.4, 0.5) is 0 Å². The second-order valence-electron chi connectivity index (χ2n) is 4.76. The second kappa shape index (κ2) is 5.46. The third-order valence-corrected chi connectivity index (χ3v) is 3.49. The number of benzene rings is 1. The Kier molecular flexibility index (Phi) is 3.97. The summed E-state index contributed by atoms with van der Waals surface area (Å²) in [5.41, 5.74) is 1.29. The summed E-state index contributed by atoms with van der Waals surface area (Å²) >= 11 is 0. The van der Waals surface area contributed by atoms with E-state index in [2.05, 4.69) is 36.5 Å². The van der Waals surface area contributed by atoms with Crippen LogP contribution in [0.2, 0.25) is 0 Å². The Balaban J connectivity index is 1.94. The predicted molar refractivity (Wildman–Crippen MR) is 66.3 cm³/mol. The minimum atomic E-state index is -0.167. The maximum Gasteiger partial charge on any atom is 0.0693 e. The van der Waals surface area contributed by atoms with Crippen LogP contribution in [0.3, 0.4) is 0 Å². The molecule has 2 heteroatoms. The number of rotatable bonds is 3. The highest BCUT2D eigenvalue weighted by molar-refractivity contribution is 5.18. The van der Waals surface area contributed by atoms with E-state index in [0.29, 0.717) is 6.04 Å². The van der Waals surface area contributed by atoms with Gasteiger partial charge in [-0.25, -0.2) is 0 Å². The van der Waals surface area contributed by atoms with Gasteiger partial charge >= 0.3 is 0 Å². The van der Waals surface area contributed by atoms with Crippen LogP contribution in [0, 0.1) is 0 Å². The van der Waals surface area contributed by atoms with Crippen molar-refractivity contribution in [2.24, 2.45) is 0 Å². The van der Waals surface area contributed by atoms with Gasteiger partial charge in [-0.3, -0.25) is 0 Å². The van der Waals surface area contributed by atoms with Crippen molar-refractivity contribution in [1.29, 1.82) is 0 Å². The molecule has 0 heterocycles. The molecule has 1 aromatic carbocycles. The average molecular weight is 219 g/mol. The summed E-state index contributed by atoms with van der Waals surface area (Å²) in [7, 11) is 0. The van der Waals surface area contributed by atoms with Crippen LogP contribution in [0.1, 0.15) is 44.2 Å². The van der Waals surface area contributed by atoms with Gasteiger partial charge in [0.05, 0.1) is 6.10 Å². The van der Waals surface area contributed by atoms with E-state index in [9.17, 15) is 5.11 Å². The zero-order valence-electron chi connectivity index (χ0n) is 9.89. The fraction of sp³-hybridized carbons (Fsp3) is 0.571. The fourth-order valence-corrected chi connectivity index (χ4v) is 2.46. The monoisotopic (exact) mass is 219 g/mol. The van der Waals surface area contributed by atoms with Crippen molar-refractivity contribution in [3.63, 3.8) is 0 Å². The summed E-state index contributed by atoms with van der Waals surface area (Å²) in [5.74, 6) is 0. The third-order valence-electron chi connectivity index (χ3n) is 3.49. The van der Waals surface area contributed by atoms with E-state index in [1.807, 2.05) is 6.07 Å². The molecule has 2 unspecified atom stereocenters. The van der Waals surface area contributed by atoms with E-state index in [1.54, 1.807) is 0 Å². The van der Waals surface area contributed by atoms with Crippen LogP contribution in [-0.4, -0.2) is 17.3 Å². The topological polar surface area (TPSA) is 32.3 Å². The van der Waals surface area contributed by atoms with Crippen LogP contribution < -0.4 is 5.32 Å². The van der Waals surface area contributed by atoms with Gasteiger partial charge in [0.15, 0.2) is 0 Å². The molecule has 1 aliphatic rings. The van der Waals surface area contributed by atoms with E-state index in [4.69, 9.17) is 0 Å². The Morgan fingerprint density at radius 1 is 1.19 bits per heavy atom. The number of hydrogen-bond acceptors (Lipinski definition) is 2. The van der Waals surface area contributed by atoms with Crippen LogP contribution >= 0.6 is 0 Å². The number of aliphatic hydroxyl groups is 1. The van der Waals surface area contributed by atoms with Crippen LogP contribution in [0.5, 0.6) is 0 Å². The minimum Gasteiger partial charge on any atom is -0.392 e. The lowest BCUT2D eigenvalue weighted by Crippen LogP contribution is -2.43. The van der Waals surface area contributed by atoms with Gasteiger partial charge < -0.3 is 10.4 Å². The van der Waals surface area contributed by atoms with Gasteiger partial charge in [0.2, 0.25) is 0 Å². The highest BCUT2D eigenvalue weighted by atomic mass is 16.3. The van der Waals surface area contributed by atoms with E-state index in [1.165, 1.54) is 18.4 Å². The Labute approximate surface area is 97.7 Å². The molecule has 88 valence electrons. The van der Waals surface area contributed by atoms with Gasteiger partial charge in [-0.1, -0.05) is 43.2 Å². The Hall–Kier alpha value is -0.860. The number of nitrogens with one attached hydrogen (secondary N) is 1. The zero-order chi connectivity index (χ0) is 11.4. The summed E-state index contributed by atoms with van der Waals surface area (Å²) in [6, 6.07) is 11.0. The Bertz CT molecular complexity index is 312. The summed E-state index contributed by atoms with van der Waals surface area (Å²) < 4.78 is 0. The normalized spacial score (nSPS) is 27.6. The first-order valence-electron chi connectivity index (χ1n) is 6.26. The Morgan fingerprint density at radius 3 is 2.56 bits per heavy atom. The first kappa shape index (κ1) is 11.6. The van der Waals surface area contributed by atoms with Crippen molar-refractivity contribution in [1.82, 2.24) is 5.32 Å². The van der Waals surface area contributed by atoms with Crippen molar-refractivity contribution in [3.8, 4) is 0 Å². The second-order valence-corrected chi connectivity index (χ2v) is 4.76. The summed E-state index contributed by atoms with van der Waals surface area (Å²) in [4.78, 5) is 0. The molecule has 0 radical (unpaired) electrons. The molecule has 1 aromatic rings. The van der Waals surface area contributed by atoms with E-state index < -0.39 is 0 Å². The molecule has 2 nitrogen and oxygen atoms in total. The molecule has 0 spiro atoms. The molecule has 0 aromatic heterocycles. The molecule has 16 heavy (non-hydrogen) atoms. The van der Waals surface area contributed by atoms with E-state index in [0.717, 1.165) is 12.8 Å². The third kappa shape index (κ3) is 2.83. The van der Waals surface area contributed by atoms with Crippen LogP contribution in [-0.2, 0) is 0 Å². The molecule has 1 saturated carbocycles. The number of aliphatic hydroxyl groups excluding tert-OH is 1. The highest BCUT2D eigenvalue weighted by Gasteiger charge is 2.24. The van der Waals surface area contributed by atoms with Crippen molar-refractivity contribution >= 4 is 0 Å². The smallest absolute Gasteiger partial charge is 0.0693 e. The molecule has 2 N–H and O–H groups in total. The maximum atomic E-state index is 9.90. The standard InChI is InChI=1S/C14H21NO/c1-11(12-7-3-2-4-8-12)15-13-9-5-6-10-14(13)16/h2-4,7-8,11,13-16H,5-6,9-10H2,1H3/t11-,13?,14?/m1/s1. The van der Waals surface area contributed by atoms with Crippen molar-refractivity contribution in [2.75, 3.05) is 0 Å². The van der Waals surface area contributed by atoms with Crippen LogP contribution in [0.15, 0.2) is 30.3 Å². The molecule has 0 aliphatic heterocycles. The lowest BCUT2D eigenvalue weighted by atomic mass is 9.91. The van der Waals surface area contributed by atoms with Gasteiger partial charge in [0.25, 0.3) is 0 Å². The summed E-state index contributed by atoms with van der Waals surface area (Å²) in [6.45, 7) is 2.16. The molecule has 3 atom stereocenters. The van der Waals surface area contributed by atoms with E-state index >= 15 is 0 Å². The first-order valence-corrected chi connectivity index (χ1v) is 6.26. The highest BCUT2D eigenvalue weighted by Crippen LogP contribution is 2.21. The van der Waals surface area contributed by atoms with Gasteiger partial charge in [0, 0.05) is 12.1 Å². The van der Waals surface area contributed by atoms with Crippen molar-refractivity contribution in [2.45, 2.75) is 50.8 Å².